The van der Waals surface area contributed by atoms with Crippen LogP contribution in [0.5, 0.6) is 0 Å². The van der Waals surface area contributed by atoms with Gasteiger partial charge in [-0.15, -0.1) is 0 Å². The van der Waals surface area contributed by atoms with Crippen molar-refractivity contribution in [2.45, 2.75) is 51.6 Å². The molecular formula is C17H26N6O. The van der Waals surface area contributed by atoms with Gasteiger partial charge in [0.05, 0.1) is 6.20 Å². The Bertz CT molecular complexity index is 729. The summed E-state index contributed by atoms with van der Waals surface area (Å²) in [5.74, 6) is 0.516. The molecule has 7 heteroatoms. The third-order valence-electron chi connectivity index (χ3n) is 4.46. The first-order valence-corrected chi connectivity index (χ1v) is 8.50. The van der Waals surface area contributed by atoms with Gasteiger partial charge in [0, 0.05) is 54.7 Å². The highest BCUT2D eigenvalue weighted by Crippen LogP contribution is 2.23. The number of nitrogens with zero attached hydrogens (tertiary/aromatic N) is 3. The molecule has 0 saturated carbocycles. The summed E-state index contributed by atoms with van der Waals surface area (Å²) in [5, 5.41) is 10.9. The minimum absolute atomic E-state index is 0.0490. The van der Waals surface area contributed by atoms with Gasteiger partial charge in [-0.1, -0.05) is 20.8 Å². The standard InChI is InChI=1S/C17H26N6O/c1-17(2,3)14-12(10-21-22-14)9-20-13-5-4-8-23(11-13)15-16(24)19-7-6-18-15/h6-7,10,13,20H,4-5,8-9,11H2,1-3H3,(H,19,24)(H,21,22)/t13-/m1/s1. The van der Waals surface area contributed by atoms with E-state index in [1.54, 1.807) is 12.4 Å². The minimum Gasteiger partial charge on any atom is -0.350 e. The lowest BCUT2D eigenvalue weighted by Gasteiger charge is -2.33. The van der Waals surface area contributed by atoms with Crippen LogP contribution in [0.25, 0.3) is 0 Å². The summed E-state index contributed by atoms with van der Waals surface area (Å²) in [6.45, 7) is 8.99. The zero-order valence-corrected chi connectivity index (χ0v) is 14.6. The molecular weight excluding hydrogens is 304 g/mol. The Labute approximate surface area is 141 Å². The van der Waals surface area contributed by atoms with Crippen LogP contribution < -0.4 is 15.8 Å². The van der Waals surface area contributed by atoms with Crippen LogP contribution in [-0.4, -0.2) is 39.3 Å². The fourth-order valence-electron chi connectivity index (χ4n) is 3.25. The Hall–Kier alpha value is -2.15. The number of hydrogen-bond acceptors (Lipinski definition) is 5. The Morgan fingerprint density at radius 1 is 1.42 bits per heavy atom. The van der Waals surface area contributed by atoms with Crippen LogP contribution in [0, 0.1) is 0 Å². The molecule has 1 atom stereocenters. The molecule has 0 radical (unpaired) electrons. The lowest BCUT2D eigenvalue weighted by Crippen LogP contribution is -2.47. The van der Waals surface area contributed by atoms with Crippen LogP contribution in [0.1, 0.15) is 44.9 Å². The van der Waals surface area contributed by atoms with Crippen LogP contribution >= 0.6 is 0 Å². The molecule has 0 spiro atoms. The molecule has 0 aromatic carbocycles. The van der Waals surface area contributed by atoms with Gasteiger partial charge in [0.25, 0.3) is 5.56 Å². The van der Waals surface area contributed by atoms with Crippen molar-refractivity contribution in [2.24, 2.45) is 0 Å². The van der Waals surface area contributed by atoms with E-state index in [1.807, 2.05) is 6.20 Å². The van der Waals surface area contributed by atoms with E-state index in [-0.39, 0.29) is 11.0 Å². The van der Waals surface area contributed by atoms with E-state index in [0.29, 0.717) is 11.9 Å². The van der Waals surface area contributed by atoms with Gasteiger partial charge in [0.1, 0.15) is 0 Å². The van der Waals surface area contributed by atoms with E-state index < -0.39 is 0 Å². The molecule has 1 aliphatic rings. The number of H-pyrrole nitrogens is 2. The molecule has 2 aromatic heterocycles. The summed E-state index contributed by atoms with van der Waals surface area (Å²) < 4.78 is 0. The molecule has 1 fully saturated rings. The van der Waals surface area contributed by atoms with E-state index in [0.717, 1.165) is 32.5 Å². The van der Waals surface area contributed by atoms with Crippen LogP contribution in [0.2, 0.25) is 0 Å². The van der Waals surface area contributed by atoms with E-state index in [1.165, 1.54) is 11.3 Å². The van der Waals surface area contributed by atoms with Crippen molar-refractivity contribution in [2.75, 3.05) is 18.0 Å². The minimum atomic E-state index is -0.122. The molecule has 1 aliphatic heterocycles. The number of nitrogens with one attached hydrogen (secondary N) is 3. The lowest BCUT2D eigenvalue weighted by molar-refractivity contribution is 0.417. The van der Waals surface area contributed by atoms with Crippen LogP contribution in [0.3, 0.4) is 0 Å². The van der Waals surface area contributed by atoms with Crippen LogP contribution in [0.15, 0.2) is 23.4 Å². The maximum atomic E-state index is 11.9. The van der Waals surface area contributed by atoms with Gasteiger partial charge in [-0.2, -0.15) is 5.10 Å². The Morgan fingerprint density at radius 3 is 3.00 bits per heavy atom. The maximum Gasteiger partial charge on any atom is 0.290 e. The zero-order valence-electron chi connectivity index (χ0n) is 14.6. The first kappa shape index (κ1) is 16.7. The third kappa shape index (κ3) is 3.67. The van der Waals surface area contributed by atoms with Crippen LogP contribution in [-0.2, 0) is 12.0 Å². The molecule has 130 valence electrons. The summed E-state index contributed by atoms with van der Waals surface area (Å²) in [6.07, 6.45) is 7.25. The van der Waals surface area contributed by atoms with Gasteiger partial charge in [-0.25, -0.2) is 4.98 Å². The highest BCUT2D eigenvalue weighted by molar-refractivity contribution is 5.36. The molecule has 1 saturated heterocycles. The number of aromatic amines is 2. The molecule has 7 nitrogen and oxygen atoms in total. The summed E-state index contributed by atoms with van der Waals surface area (Å²) in [7, 11) is 0. The average Bonchev–Trinajstić information content (AvgIpc) is 3.02. The van der Waals surface area contributed by atoms with Gasteiger partial charge in [0.15, 0.2) is 5.82 Å². The first-order valence-electron chi connectivity index (χ1n) is 8.50. The quantitative estimate of drug-likeness (QED) is 0.791. The molecule has 0 bridgehead atoms. The predicted octanol–water partition coefficient (Wildman–Crippen LogP) is 1.55. The largest absolute Gasteiger partial charge is 0.350 e. The fraction of sp³-hybridized carbons (Fsp3) is 0.588. The Kier molecular flexibility index (Phi) is 4.71. The number of rotatable bonds is 4. The topological polar surface area (TPSA) is 89.7 Å². The zero-order chi connectivity index (χ0) is 17.2. The first-order chi connectivity index (χ1) is 11.4. The second kappa shape index (κ2) is 6.76. The molecule has 0 aliphatic carbocycles. The van der Waals surface area contributed by atoms with Crippen LogP contribution in [0.4, 0.5) is 5.82 Å². The summed E-state index contributed by atoms with van der Waals surface area (Å²) >= 11 is 0. The summed E-state index contributed by atoms with van der Waals surface area (Å²) in [5.41, 5.74) is 2.30. The lowest BCUT2D eigenvalue weighted by atomic mass is 9.89. The van der Waals surface area contributed by atoms with Gasteiger partial charge in [-0.3, -0.25) is 9.89 Å². The van der Waals surface area contributed by atoms with Crippen molar-refractivity contribution in [3.05, 3.63) is 40.2 Å². The number of anilines is 1. The normalized spacial score (nSPS) is 18.8. The highest BCUT2D eigenvalue weighted by atomic mass is 16.1. The predicted molar refractivity (Wildman–Crippen MR) is 94.2 cm³/mol. The summed E-state index contributed by atoms with van der Waals surface area (Å²) in [4.78, 5) is 20.9. The molecule has 3 N–H and O–H groups in total. The Balaban J connectivity index is 1.64. The molecule has 24 heavy (non-hydrogen) atoms. The second-order valence-electron chi connectivity index (χ2n) is 7.43. The number of piperidine rings is 1. The number of aromatic nitrogens is 4. The summed E-state index contributed by atoms with van der Waals surface area (Å²) in [6, 6.07) is 0.336. The second-order valence-corrected chi connectivity index (χ2v) is 7.43. The SMILES string of the molecule is CC(C)(C)c1[nH]ncc1CN[C@@H]1CCCN(c2ncc[nH]c2=O)C1. The van der Waals surface area contributed by atoms with Crippen molar-refractivity contribution >= 4 is 5.82 Å². The van der Waals surface area contributed by atoms with E-state index in [4.69, 9.17) is 0 Å². The van der Waals surface area contributed by atoms with Gasteiger partial charge >= 0.3 is 0 Å². The third-order valence-corrected chi connectivity index (χ3v) is 4.46. The van der Waals surface area contributed by atoms with Crippen molar-refractivity contribution in [1.82, 2.24) is 25.5 Å². The average molecular weight is 330 g/mol. The number of hydrogen-bond donors (Lipinski definition) is 3. The maximum absolute atomic E-state index is 11.9. The molecule has 0 unspecified atom stereocenters. The molecule has 2 aromatic rings. The van der Waals surface area contributed by atoms with Gasteiger partial charge < -0.3 is 15.2 Å². The fourth-order valence-corrected chi connectivity index (χ4v) is 3.25. The molecule has 3 heterocycles. The van der Waals surface area contributed by atoms with Crippen molar-refractivity contribution < 1.29 is 0 Å². The van der Waals surface area contributed by atoms with Gasteiger partial charge in [0.2, 0.25) is 0 Å². The van der Waals surface area contributed by atoms with Crippen molar-refractivity contribution in [3.63, 3.8) is 0 Å². The highest BCUT2D eigenvalue weighted by Gasteiger charge is 2.24. The molecule has 0 amide bonds. The molecule has 3 rings (SSSR count). The van der Waals surface area contributed by atoms with Gasteiger partial charge in [-0.05, 0) is 12.8 Å². The Morgan fingerprint density at radius 2 is 2.25 bits per heavy atom. The smallest absolute Gasteiger partial charge is 0.290 e. The van der Waals surface area contributed by atoms with E-state index >= 15 is 0 Å². The monoisotopic (exact) mass is 330 g/mol. The van der Waals surface area contributed by atoms with Crippen molar-refractivity contribution in [1.29, 1.82) is 0 Å². The van der Waals surface area contributed by atoms with E-state index in [9.17, 15) is 4.79 Å². The van der Waals surface area contributed by atoms with Crippen molar-refractivity contribution in [3.8, 4) is 0 Å². The van der Waals surface area contributed by atoms with E-state index in [2.05, 4.69) is 51.2 Å².